The molecule has 0 aliphatic carbocycles. The van der Waals surface area contributed by atoms with Crippen molar-refractivity contribution in [3.63, 3.8) is 0 Å². The maximum Gasteiger partial charge on any atom is 0.573 e. The van der Waals surface area contributed by atoms with Crippen molar-refractivity contribution in [2.45, 2.75) is 19.3 Å². The fourth-order valence-corrected chi connectivity index (χ4v) is 1.42. The van der Waals surface area contributed by atoms with Gasteiger partial charge in [0.1, 0.15) is 12.0 Å². The van der Waals surface area contributed by atoms with Crippen LogP contribution in [0.5, 0.6) is 5.75 Å². The van der Waals surface area contributed by atoms with E-state index in [0.717, 1.165) is 0 Å². The van der Waals surface area contributed by atoms with Gasteiger partial charge in [0.05, 0.1) is 5.69 Å². The highest BCUT2D eigenvalue weighted by atomic mass is 19.4. The zero-order valence-electron chi connectivity index (χ0n) is 10.4. The average Bonchev–Trinajstić information content (AvgIpc) is 2.78. The van der Waals surface area contributed by atoms with E-state index in [9.17, 15) is 13.2 Å². The summed E-state index contributed by atoms with van der Waals surface area (Å²) in [4.78, 5) is 4.07. The molecule has 0 fully saturated rings. The number of rotatable bonds is 4. The summed E-state index contributed by atoms with van der Waals surface area (Å²) in [5.41, 5.74) is 6.71. The van der Waals surface area contributed by atoms with Crippen molar-refractivity contribution in [3.8, 4) is 5.75 Å². The fourth-order valence-electron chi connectivity index (χ4n) is 1.42. The number of nitrogens with one attached hydrogen (secondary N) is 1. The van der Waals surface area contributed by atoms with Crippen LogP contribution in [0.15, 0.2) is 34.9 Å². The molecule has 5 nitrogen and oxygen atoms in total. The van der Waals surface area contributed by atoms with Gasteiger partial charge in [-0.25, -0.2) is 0 Å². The van der Waals surface area contributed by atoms with Gasteiger partial charge in [0.2, 0.25) is 0 Å². The number of ether oxygens (including phenoxy) is 1. The number of hydrogen-bond acceptors (Lipinski definition) is 5. The van der Waals surface area contributed by atoms with Crippen molar-refractivity contribution in [2.24, 2.45) is 5.73 Å². The molecule has 0 radical (unpaired) electrons. The third-order valence-corrected chi connectivity index (χ3v) is 2.33. The summed E-state index contributed by atoms with van der Waals surface area (Å²) in [6, 6.07) is 5.14. The normalized spacial score (nSPS) is 13.1. The molecule has 1 aromatic heterocycles. The van der Waals surface area contributed by atoms with Crippen LogP contribution in [0.1, 0.15) is 18.7 Å². The smallest absolute Gasteiger partial charge is 0.432 e. The Balaban J connectivity index is 2.03. The first kappa shape index (κ1) is 14.2. The molecule has 2 rings (SSSR count). The zero-order valence-corrected chi connectivity index (χ0v) is 10.4. The summed E-state index contributed by atoms with van der Waals surface area (Å²) in [6.07, 6.45) is -3.29. The van der Waals surface area contributed by atoms with Crippen LogP contribution in [-0.2, 0) is 0 Å². The SMILES string of the molecule is CC(N)c1coc(Nc2ccc(OC(F)(F)F)cc2)n1. The molecule has 108 valence electrons. The highest BCUT2D eigenvalue weighted by Gasteiger charge is 2.30. The minimum Gasteiger partial charge on any atom is -0.432 e. The van der Waals surface area contributed by atoms with Crippen LogP contribution < -0.4 is 15.8 Å². The number of hydrogen-bond donors (Lipinski definition) is 2. The molecule has 1 atom stereocenters. The lowest BCUT2D eigenvalue weighted by Gasteiger charge is -2.09. The van der Waals surface area contributed by atoms with E-state index in [0.29, 0.717) is 11.4 Å². The lowest BCUT2D eigenvalue weighted by molar-refractivity contribution is -0.274. The Morgan fingerprint density at radius 3 is 2.45 bits per heavy atom. The van der Waals surface area contributed by atoms with E-state index in [4.69, 9.17) is 10.2 Å². The second kappa shape index (κ2) is 5.41. The number of alkyl halides is 3. The topological polar surface area (TPSA) is 73.3 Å². The van der Waals surface area contributed by atoms with Gasteiger partial charge in [-0.1, -0.05) is 0 Å². The molecule has 8 heteroatoms. The molecule has 0 bridgehead atoms. The van der Waals surface area contributed by atoms with Gasteiger partial charge in [0.25, 0.3) is 6.01 Å². The summed E-state index contributed by atoms with van der Waals surface area (Å²) in [7, 11) is 0. The van der Waals surface area contributed by atoms with Crippen molar-refractivity contribution in [3.05, 3.63) is 36.2 Å². The first-order valence-electron chi connectivity index (χ1n) is 5.67. The molecule has 0 spiro atoms. The number of halogens is 3. The van der Waals surface area contributed by atoms with Crippen molar-refractivity contribution < 1.29 is 22.3 Å². The fraction of sp³-hybridized carbons (Fsp3) is 0.250. The summed E-state index contributed by atoms with van der Waals surface area (Å²) in [5.74, 6) is -0.299. The highest BCUT2D eigenvalue weighted by Crippen LogP contribution is 2.25. The van der Waals surface area contributed by atoms with E-state index in [1.165, 1.54) is 30.5 Å². The van der Waals surface area contributed by atoms with Gasteiger partial charge in [-0.15, -0.1) is 13.2 Å². The number of nitrogens with two attached hydrogens (primary N) is 1. The molecule has 2 aromatic rings. The molecule has 1 heterocycles. The van der Waals surface area contributed by atoms with Crippen LogP contribution in [0.4, 0.5) is 24.9 Å². The molecule has 1 aromatic carbocycles. The van der Waals surface area contributed by atoms with Gasteiger partial charge in [0, 0.05) is 11.7 Å². The van der Waals surface area contributed by atoms with Gasteiger partial charge in [-0.3, -0.25) is 0 Å². The van der Waals surface area contributed by atoms with Gasteiger partial charge in [0.15, 0.2) is 0 Å². The minimum absolute atomic E-state index is 0.210. The Kier molecular flexibility index (Phi) is 3.84. The molecular formula is C12H12F3N3O2. The minimum atomic E-state index is -4.70. The summed E-state index contributed by atoms with van der Waals surface area (Å²) < 4.78 is 44.9. The molecular weight excluding hydrogens is 275 g/mol. The monoisotopic (exact) mass is 287 g/mol. The van der Waals surface area contributed by atoms with Crippen LogP contribution in [-0.4, -0.2) is 11.3 Å². The lowest BCUT2D eigenvalue weighted by atomic mass is 10.3. The lowest BCUT2D eigenvalue weighted by Crippen LogP contribution is -2.16. The van der Waals surface area contributed by atoms with Gasteiger partial charge >= 0.3 is 6.36 Å². The number of anilines is 2. The van der Waals surface area contributed by atoms with Crippen molar-refractivity contribution in [1.82, 2.24) is 4.98 Å². The van der Waals surface area contributed by atoms with E-state index < -0.39 is 6.36 Å². The van der Waals surface area contributed by atoms with Gasteiger partial charge in [-0.2, -0.15) is 4.98 Å². The Bertz CT molecular complexity index is 564. The maximum absolute atomic E-state index is 12.0. The Morgan fingerprint density at radius 1 is 1.30 bits per heavy atom. The van der Waals surface area contributed by atoms with E-state index in [2.05, 4.69) is 15.0 Å². The average molecular weight is 287 g/mol. The second-order valence-corrected chi connectivity index (χ2v) is 4.06. The van der Waals surface area contributed by atoms with E-state index in [1.807, 2.05) is 0 Å². The molecule has 0 saturated carbocycles. The predicted octanol–water partition coefficient (Wildman–Crippen LogP) is 3.34. The number of aromatic nitrogens is 1. The van der Waals surface area contributed by atoms with E-state index in [-0.39, 0.29) is 17.8 Å². The molecule has 1 unspecified atom stereocenters. The highest BCUT2D eigenvalue weighted by molar-refractivity contribution is 5.53. The van der Waals surface area contributed by atoms with Gasteiger partial charge < -0.3 is 20.2 Å². The summed E-state index contributed by atoms with van der Waals surface area (Å²) in [5, 5.41) is 2.80. The largest absolute Gasteiger partial charge is 0.573 e. The standard InChI is InChI=1S/C12H12F3N3O2/c1-7(16)10-6-19-11(18-10)17-8-2-4-9(5-3-8)20-12(13,14)15/h2-7H,16H2,1H3,(H,17,18). The molecule has 0 amide bonds. The molecule has 0 aliphatic heterocycles. The number of nitrogens with zero attached hydrogens (tertiary/aromatic N) is 1. The summed E-state index contributed by atoms with van der Waals surface area (Å²) >= 11 is 0. The van der Waals surface area contributed by atoms with E-state index in [1.54, 1.807) is 6.92 Å². The third-order valence-electron chi connectivity index (χ3n) is 2.33. The van der Waals surface area contributed by atoms with Crippen LogP contribution in [0, 0.1) is 0 Å². The molecule has 0 saturated heterocycles. The van der Waals surface area contributed by atoms with Crippen molar-refractivity contribution in [1.29, 1.82) is 0 Å². The Labute approximate surface area is 112 Å². The summed E-state index contributed by atoms with van der Waals surface area (Å²) in [6.45, 7) is 1.75. The van der Waals surface area contributed by atoms with E-state index >= 15 is 0 Å². The van der Waals surface area contributed by atoms with Crippen LogP contribution in [0.3, 0.4) is 0 Å². The number of oxazole rings is 1. The Hall–Kier alpha value is -2.22. The first-order valence-corrected chi connectivity index (χ1v) is 5.67. The first-order chi connectivity index (χ1) is 9.33. The van der Waals surface area contributed by atoms with Crippen LogP contribution in [0.2, 0.25) is 0 Å². The Morgan fingerprint density at radius 2 is 1.95 bits per heavy atom. The van der Waals surface area contributed by atoms with Crippen molar-refractivity contribution in [2.75, 3.05) is 5.32 Å². The molecule has 3 N–H and O–H groups in total. The quantitative estimate of drug-likeness (QED) is 0.902. The molecule has 0 aliphatic rings. The van der Waals surface area contributed by atoms with Crippen molar-refractivity contribution >= 4 is 11.7 Å². The molecule has 20 heavy (non-hydrogen) atoms. The van der Waals surface area contributed by atoms with Crippen LogP contribution in [0.25, 0.3) is 0 Å². The third kappa shape index (κ3) is 3.89. The second-order valence-electron chi connectivity index (χ2n) is 4.06. The number of benzene rings is 1. The van der Waals surface area contributed by atoms with Gasteiger partial charge in [-0.05, 0) is 31.2 Å². The van der Waals surface area contributed by atoms with Crippen LogP contribution >= 0.6 is 0 Å². The zero-order chi connectivity index (χ0) is 14.8. The maximum atomic E-state index is 12.0. The predicted molar refractivity (Wildman–Crippen MR) is 65.5 cm³/mol.